The Hall–Kier alpha value is -3.78. The maximum Gasteiger partial charge on any atom is 0.410 e. The molecule has 0 bridgehead atoms. The summed E-state index contributed by atoms with van der Waals surface area (Å²) in [4.78, 5) is 19.5. The third-order valence-electron chi connectivity index (χ3n) is 8.30. The maximum atomic E-state index is 12.9. The van der Waals surface area contributed by atoms with Crippen molar-refractivity contribution in [1.29, 1.82) is 0 Å². The monoisotopic (exact) mass is 587 g/mol. The molecule has 3 aromatic rings. The maximum absolute atomic E-state index is 12.9. The zero-order valence-corrected chi connectivity index (χ0v) is 25.9. The number of aliphatic hydroxyl groups excluding tert-OH is 1. The zero-order valence-electron chi connectivity index (χ0n) is 25.9. The lowest BCUT2D eigenvalue weighted by Gasteiger charge is -2.35. The Bertz CT molecular complexity index is 1410. The number of nitrogens with zero attached hydrogens (tertiary/aromatic N) is 2. The van der Waals surface area contributed by atoms with Crippen LogP contribution in [0.25, 0.3) is 11.3 Å². The molecule has 1 aliphatic carbocycles. The number of hydrogen-bond donors (Lipinski definition) is 2. The standard InChI is InChI=1S/C35H45N3O5/c1-35(2,3)43-34(40)38-18-6-8-26(20-38)28-19-30(37-33(36)29(28)21-39)32-25(15-12-23-10-11-23)7-5-9-31(32)42-22-24-13-16-27(41-4)17-14-24/h5,7,9,13-14,16-17,19,23,26,39H,6,8,10-12,15,18,20-22H2,1-4H3,(H2,36,37). The molecule has 2 aromatic carbocycles. The van der Waals surface area contributed by atoms with Crippen LogP contribution in [-0.4, -0.2) is 46.9 Å². The van der Waals surface area contributed by atoms with Crippen LogP contribution in [0.5, 0.6) is 11.5 Å². The summed E-state index contributed by atoms with van der Waals surface area (Å²) in [7, 11) is 1.66. The molecule has 1 atom stereocenters. The normalized spacial score (nSPS) is 17.0. The lowest BCUT2D eigenvalue weighted by Crippen LogP contribution is -2.42. The molecule has 1 saturated heterocycles. The van der Waals surface area contributed by atoms with Crippen LogP contribution in [0.2, 0.25) is 0 Å². The summed E-state index contributed by atoms with van der Waals surface area (Å²) < 4.78 is 17.4. The van der Waals surface area contributed by atoms with E-state index in [1.807, 2.05) is 57.2 Å². The molecule has 2 aliphatic rings. The summed E-state index contributed by atoms with van der Waals surface area (Å²) in [5.74, 6) is 2.63. The van der Waals surface area contributed by atoms with E-state index >= 15 is 0 Å². The molecule has 2 fully saturated rings. The number of nitrogen functional groups attached to an aromatic ring is 1. The molecule has 1 aromatic heterocycles. The first-order valence-corrected chi connectivity index (χ1v) is 15.4. The van der Waals surface area contributed by atoms with Gasteiger partial charge in [0.25, 0.3) is 0 Å². The lowest BCUT2D eigenvalue weighted by molar-refractivity contribution is 0.0198. The van der Waals surface area contributed by atoms with E-state index in [1.165, 1.54) is 18.4 Å². The summed E-state index contributed by atoms with van der Waals surface area (Å²) in [6.45, 7) is 6.94. The Morgan fingerprint density at radius 1 is 1.12 bits per heavy atom. The minimum atomic E-state index is -0.569. The van der Waals surface area contributed by atoms with Crippen molar-refractivity contribution in [2.75, 3.05) is 25.9 Å². The Morgan fingerprint density at radius 3 is 2.56 bits per heavy atom. The van der Waals surface area contributed by atoms with Gasteiger partial charge in [-0.2, -0.15) is 0 Å². The molecule has 43 heavy (non-hydrogen) atoms. The van der Waals surface area contributed by atoms with Crippen molar-refractivity contribution >= 4 is 11.9 Å². The van der Waals surface area contributed by atoms with Crippen molar-refractivity contribution < 1.29 is 24.1 Å². The number of amides is 1. The second-order valence-electron chi connectivity index (χ2n) is 12.8. The highest BCUT2D eigenvalue weighted by Crippen LogP contribution is 2.41. The van der Waals surface area contributed by atoms with Crippen molar-refractivity contribution in [3.05, 3.63) is 70.8 Å². The van der Waals surface area contributed by atoms with E-state index in [0.717, 1.165) is 65.5 Å². The number of aliphatic hydroxyl groups is 1. The number of rotatable bonds is 10. The number of carbonyl (C=O) groups is 1. The molecule has 0 spiro atoms. The third kappa shape index (κ3) is 7.79. The van der Waals surface area contributed by atoms with E-state index in [2.05, 4.69) is 12.1 Å². The highest BCUT2D eigenvalue weighted by atomic mass is 16.6. The van der Waals surface area contributed by atoms with Crippen molar-refractivity contribution in [2.24, 2.45) is 5.92 Å². The van der Waals surface area contributed by atoms with Gasteiger partial charge in [-0.25, -0.2) is 9.78 Å². The van der Waals surface area contributed by atoms with Gasteiger partial charge in [0.2, 0.25) is 0 Å². The van der Waals surface area contributed by atoms with Crippen molar-refractivity contribution in [3.8, 4) is 22.8 Å². The van der Waals surface area contributed by atoms with Gasteiger partial charge >= 0.3 is 6.09 Å². The molecule has 0 radical (unpaired) electrons. The van der Waals surface area contributed by atoms with Gasteiger partial charge in [-0.3, -0.25) is 0 Å². The predicted molar refractivity (Wildman–Crippen MR) is 168 cm³/mol. The Morgan fingerprint density at radius 2 is 1.88 bits per heavy atom. The Balaban J connectivity index is 1.49. The van der Waals surface area contributed by atoms with E-state index < -0.39 is 5.60 Å². The fraction of sp³-hybridized carbons (Fsp3) is 0.486. The van der Waals surface area contributed by atoms with Gasteiger partial charge in [-0.15, -0.1) is 0 Å². The first-order chi connectivity index (χ1) is 20.6. The summed E-state index contributed by atoms with van der Waals surface area (Å²) in [6.07, 6.45) is 6.02. The Labute approximate surface area is 255 Å². The smallest absolute Gasteiger partial charge is 0.410 e. The number of ether oxygens (including phenoxy) is 3. The summed E-state index contributed by atoms with van der Waals surface area (Å²) in [5.41, 5.74) is 11.4. The fourth-order valence-corrected chi connectivity index (χ4v) is 5.84. The molecule has 3 N–H and O–H groups in total. The van der Waals surface area contributed by atoms with Crippen LogP contribution in [-0.2, 0) is 24.4 Å². The van der Waals surface area contributed by atoms with Crippen molar-refractivity contribution in [1.82, 2.24) is 9.88 Å². The summed E-state index contributed by atoms with van der Waals surface area (Å²) in [5, 5.41) is 10.4. The average Bonchev–Trinajstić information content (AvgIpc) is 3.83. The quantitative estimate of drug-likeness (QED) is 0.267. The van der Waals surface area contributed by atoms with Gasteiger partial charge < -0.3 is 30.0 Å². The number of hydrogen-bond acceptors (Lipinski definition) is 7. The molecule has 1 amide bonds. The van der Waals surface area contributed by atoms with Gasteiger partial charge in [0.1, 0.15) is 29.5 Å². The lowest BCUT2D eigenvalue weighted by atomic mass is 9.86. The molecule has 1 saturated carbocycles. The van der Waals surface area contributed by atoms with Gasteiger partial charge in [0, 0.05) is 30.1 Å². The van der Waals surface area contributed by atoms with E-state index in [-0.39, 0.29) is 18.6 Å². The number of methoxy groups -OCH3 is 1. The number of carbonyl (C=O) groups excluding carboxylic acids is 1. The van der Waals surface area contributed by atoms with Crippen LogP contribution in [0.3, 0.4) is 0 Å². The third-order valence-corrected chi connectivity index (χ3v) is 8.30. The number of benzene rings is 2. The van der Waals surface area contributed by atoms with Gasteiger partial charge in [0.15, 0.2) is 0 Å². The van der Waals surface area contributed by atoms with E-state index in [4.69, 9.17) is 24.9 Å². The van der Waals surface area contributed by atoms with Crippen LogP contribution in [0, 0.1) is 5.92 Å². The molecule has 5 rings (SSSR count). The zero-order chi connectivity index (χ0) is 30.6. The number of anilines is 1. The second-order valence-corrected chi connectivity index (χ2v) is 12.8. The Kier molecular flexibility index (Phi) is 9.45. The van der Waals surface area contributed by atoms with Crippen LogP contribution in [0.1, 0.15) is 81.0 Å². The highest BCUT2D eigenvalue weighted by Gasteiger charge is 2.31. The van der Waals surface area contributed by atoms with Crippen LogP contribution in [0.15, 0.2) is 48.5 Å². The molecule has 8 nitrogen and oxygen atoms in total. The molecule has 230 valence electrons. The largest absolute Gasteiger partial charge is 0.497 e. The number of aryl methyl sites for hydroxylation is 1. The van der Waals surface area contributed by atoms with Crippen LogP contribution in [0.4, 0.5) is 10.6 Å². The highest BCUT2D eigenvalue weighted by molar-refractivity contribution is 5.74. The van der Waals surface area contributed by atoms with Crippen molar-refractivity contribution in [2.45, 2.75) is 84.0 Å². The van der Waals surface area contributed by atoms with Gasteiger partial charge in [-0.05, 0) is 93.3 Å². The topological polar surface area (TPSA) is 107 Å². The molecule has 1 aliphatic heterocycles. The summed E-state index contributed by atoms with van der Waals surface area (Å²) in [6, 6.07) is 16.1. The average molecular weight is 588 g/mol. The summed E-state index contributed by atoms with van der Waals surface area (Å²) >= 11 is 0. The molecule has 8 heteroatoms. The predicted octanol–water partition coefficient (Wildman–Crippen LogP) is 6.87. The molecule has 2 heterocycles. The first kappa shape index (κ1) is 30.7. The number of aromatic nitrogens is 1. The van der Waals surface area contributed by atoms with Crippen LogP contribution >= 0.6 is 0 Å². The van der Waals surface area contributed by atoms with Gasteiger partial charge in [-0.1, -0.05) is 37.1 Å². The first-order valence-electron chi connectivity index (χ1n) is 15.4. The molecule has 1 unspecified atom stereocenters. The van der Waals surface area contributed by atoms with E-state index in [1.54, 1.807) is 12.0 Å². The van der Waals surface area contributed by atoms with E-state index in [9.17, 15) is 9.90 Å². The number of nitrogens with two attached hydrogens (primary N) is 1. The van der Waals surface area contributed by atoms with Gasteiger partial charge in [0.05, 0.1) is 19.4 Å². The minimum Gasteiger partial charge on any atom is -0.497 e. The van der Waals surface area contributed by atoms with Crippen LogP contribution < -0.4 is 15.2 Å². The second kappa shape index (κ2) is 13.2. The fourth-order valence-electron chi connectivity index (χ4n) is 5.84. The molecular weight excluding hydrogens is 542 g/mol. The SMILES string of the molecule is COc1ccc(COc2cccc(CCC3CC3)c2-c2cc(C3CCCN(C(=O)OC(C)(C)C)C3)c(CO)c(N)n2)cc1. The van der Waals surface area contributed by atoms with E-state index in [0.29, 0.717) is 31.1 Å². The number of likely N-dealkylation sites (tertiary alicyclic amines) is 1. The number of piperidine rings is 1. The molecular formula is C35H45N3O5. The number of pyridine rings is 1. The minimum absolute atomic E-state index is 0.00485. The van der Waals surface area contributed by atoms with Crippen molar-refractivity contribution in [3.63, 3.8) is 0 Å².